The van der Waals surface area contributed by atoms with Gasteiger partial charge in [-0.05, 0) is 174 Å². The lowest BCUT2D eigenvalue weighted by atomic mass is 10.2. The summed E-state index contributed by atoms with van der Waals surface area (Å²) in [5.74, 6) is 0.777. The van der Waals surface area contributed by atoms with E-state index >= 15 is 0 Å². The van der Waals surface area contributed by atoms with Gasteiger partial charge in [0.05, 0.1) is 5.69 Å². The first-order chi connectivity index (χ1) is 22.4. The van der Waals surface area contributed by atoms with Crippen molar-refractivity contribution in [3.63, 3.8) is 0 Å². The van der Waals surface area contributed by atoms with Gasteiger partial charge in [-0.15, -0.1) is 0 Å². The molecule has 4 aromatic carbocycles. The fourth-order valence-corrected chi connectivity index (χ4v) is 23.1. The van der Waals surface area contributed by atoms with Crippen LogP contribution >= 0.6 is 23.5 Å². The van der Waals surface area contributed by atoms with E-state index in [1.165, 1.54) is 30.7 Å². The van der Waals surface area contributed by atoms with Crippen molar-refractivity contribution in [2.24, 2.45) is 0 Å². The highest BCUT2D eigenvalue weighted by molar-refractivity contribution is 7.99. The highest BCUT2D eigenvalue weighted by Gasteiger charge is 2.30. The molecule has 0 saturated heterocycles. The molecule has 4 nitrogen and oxygen atoms in total. The molecule has 48 heavy (non-hydrogen) atoms. The standard InChI is InChI=1S/C38H55NO3S2Si4/c1-45(2,3)41-47(7,8)29-27-31-11-19-35(20-12-31)43-37-23-15-33(16-24-37)39-40-34-17-25-38(26-18-34)44-36-21-13-32(14-22-36)28-30-48(9,10)42-46(4,5)6/h11-26,39H,27-30H2,1-10H3. The van der Waals surface area contributed by atoms with Crippen LogP contribution in [0, 0.1) is 0 Å². The van der Waals surface area contributed by atoms with Crippen LogP contribution < -0.4 is 10.3 Å². The summed E-state index contributed by atoms with van der Waals surface area (Å²) in [6, 6.07) is 36.9. The van der Waals surface area contributed by atoms with Gasteiger partial charge in [-0.3, -0.25) is 0 Å². The molecule has 0 unspecified atom stereocenters. The zero-order valence-corrected chi connectivity index (χ0v) is 36.2. The van der Waals surface area contributed by atoms with Crippen LogP contribution in [0.25, 0.3) is 0 Å². The van der Waals surface area contributed by atoms with Gasteiger partial charge in [0.15, 0.2) is 39.0 Å². The average molecular weight is 750 g/mol. The van der Waals surface area contributed by atoms with Crippen molar-refractivity contribution < 1.29 is 13.1 Å². The van der Waals surface area contributed by atoms with Crippen LogP contribution in [-0.2, 0) is 21.1 Å². The maximum absolute atomic E-state index is 6.51. The van der Waals surface area contributed by atoms with Crippen LogP contribution in [0.5, 0.6) is 5.75 Å². The molecular formula is C38H55NO3S2Si4. The molecule has 0 saturated carbocycles. The monoisotopic (exact) mass is 749 g/mol. The number of rotatable bonds is 17. The third-order valence-electron chi connectivity index (χ3n) is 7.48. The van der Waals surface area contributed by atoms with Gasteiger partial charge in [0.25, 0.3) is 0 Å². The zero-order valence-electron chi connectivity index (χ0n) is 30.6. The highest BCUT2D eigenvalue weighted by atomic mass is 32.2. The topological polar surface area (TPSA) is 39.7 Å². The molecule has 0 heterocycles. The molecule has 0 spiro atoms. The first-order valence-corrected chi connectivity index (χ1v) is 31.7. The van der Waals surface area contributed by atoms with Crippen LogP contribution in [0.4, 0.5) is 5.69 Å². The van der Waals surface area contributed by atoms with Crippen LogP contribution in [0.15, 0.2) is 117 Å². The Hall–Kier alpha value is -2.03. The summed E-state index contributed by atoms with van der Waals surface area (Å²) in [6.45, 7) is 23.1. The van der Waals surface area contributed by atoms with Gasteiger partial charge < -0.3 is 13.1 Å². The Bertz CT molecular complexity index is 1450. The number of benzene rings is 4. The van der Waals surface area contributed by atoms with E-state index in [-0.39, 0.29) is 0 Å². The Balaban J connectivity index is 1.19. The second-order valence-electron chi connectivity index (χ2n) is 15.6. The predicted octanol–water partition coefficient (Wildman–Crippen LogP) is 12.6. The summed E-state index contributed by atoms with van der Waals surface area (Å²) >= 11 is 3.54. The number of anilines is 1. The molecule has 0 radical (unpaired) electrons. The summed E-state index contributed by atoms with van der Waals surface area (Å²) < 4.78 is 13.0. The fraction of sp³-hybridized carbons (Fsp3) is 0.368. The molecule has 0 amide bonds. The minimum atomic E-state index is -1.62. The molecule has 10 heteroatoms. The summed E-state index contributed by atoms with van der Waals surface area (Å²) in [6.07, 6.45) is 2.17. The SMILES string of the molecule is C[Si](C)(C)O[Si](C)(C)CCc1ccc(Sc2ccc(NOc3ccc(Sc4ccc(CC[Si](C)(C)O[Si](C)(C)C)cc4)cc3)cc2)cc1. The van der Waals surface area contributed by atoms with Gasteiger partial charge in [0.2, 0.25) is 0 Å². The van der Waals surface area contributed by atoms with Gasteiger partial charge in [-0.1, -0.05) is 47.8 Å². The van der Waals surface area contributed by atoms with Crippen molar-refractivity contribution in [1.29, 1.82) is 0 Å². The van der Waals surface area contributed by atoms with Crippen molar-refractivity contribution >= 4 is 62.5 Å². The lowest BCUT2D eigenvalue weighted by Crippen LogP contribution is -2.42. The quantitative estimate of drug-likeness (QED) is 0.0856. The minimum absolute atomic E-state index is 0.777. The van der Waals surface area contributed by atoms with Crippen molar-refractivity contribution in [3.05, 3.63) is 108 Å². The largest absolute Gasteiger partial charge is 0.456 e. The average Bonchev–Trinajstić information content (AvgIpc) is 2.98. The van der Waals surface area contributed by atoms with Gasteiger partial charge in [-0.25, -0.2) is 5.48 Å². The summed E-state index contributed by atoms with van der Waals surface area (Å²) in [7, 11) is -6.23. The molecule has 0 aliphatic rings. The lowest BCUT2D eigenvalue weighted by molar-refractivity contribution is 0.405. The molecule has 1 N–H and O–H groups in total. The van der Waals surface area contributed by atoms with Gasteiger partial charge >= 0.3 is 0 Å². The van der Waals surface area contributed by atoms with Gasteiger partial charge in [0, 0.05) is 19.6 Å². The highest BCUT2D eigenvalue weighted by Crippen LogP contribution is 2.32. The second-order valence-corrected chi connectivity index (χ2v) is 36.1. The van der Waals surface area contributed by atoms with E-state index in [4.69, 9.17) is 13.1 Å². The Morgan fingerprint density at radius 2 is 0.792 bits per heavy atom. The van der Waals surface area contributed by atoms with Crippen molar-refractivity contribution in [2.75, 3.05) is 5.48 Å². The third-order valence-corrected chi connectivity index (χ3v) is 21.7. The molecule has 0 atom stereocenters. The van der Waals surface area contributed by atoms with Crippen LogP contribution in [0.1, 0.15) is 11.1 Å². The summed E-state index contributed by atoms with van der Waals surface area (Å²) in [5, 5.41) is 0. The van der Waals surface area contributed by atoms with E-state index in [9.17, 15) is 0 Å². The second kappa shape index (κ2) is 16.8. The fourth-order valence-electron chi connectivity index (χ4n) is 5.66. The molecular weight excluding hydrogens is 695 g/mol. The Morgan fingerprint density at radius 1 is 0.458 bits per heavy atom. The van der Waals surface area contributed by atoms with Crippen molar-refractivity contribution in [2.45, 2.75) is 110 Å². The molecule has 0 aliphatic heterocycles. The molecule has 0 aliphatic carbocycles. The summed E-state index contributed by atoms with van der Waals surface area (Å²) in [5.41, 5.74) is 6.77. The van der Waals surface area contributed by atoms with E-state index in [2.05, 4.69) is 156 Å². The van der Waals surface area contributed by atoms with Crippen LogP contribution in [0.3, 0.4) is 0 Å². The van der Waals surface area contributed by atoms with E-state index in [0.717, 1.165) is 36.4 Å². The maximum atomic E-state index is 6.51. The molecule has 258 valence electrons. The Morgan fingerprint density at radius 3 is 1.15 bits per heavy atom. The molecule has 4 aromatic rings. The molecule has 0 aromatic heterocycles. The van der Waals surface area contributed by atoms with Crippen LogP contribution in [-0.4, -0.2) is 33.3 Å². The third kappa shape index (κ3) is 14.4. The predicted molar refractivity (Wildman–Crippen MR) is 219 cm³/mol. The van der Waals surface area contributed by atoms with Crippen molar-refractivity contribution in [1.82, 2.24) is 0 Å². The first kappa shape index (κ1) is 38.8. The summed E-state index contributed by atoms with van der Waals surface area (Å²) in [4.78, 5) is 10.7. The van der Waals surface area contributed by atoms with E-state index in [1.54, 1.807) is 23.5 Å². The smallest absolute Gasteiger partial charge is 0.173 e. The Kier molecular flexibility index (Phi) is 13.6. The van der Waals surface area contributed by atoms with E-state index < -0.39 is 33.3 Å². The maximum Gasteiger partial charge on any atom is 0.173 e. The minimum Gasteiger partial charge on any atom is -0.456 e. The molecule has 0 fully saturated rings. The van der Waals surface area contributed by atoms with E-state index in [1.807, 2.05) is 12.1 Å². The van der Waals surface area contributed by atoms with Gasteiger partial charge in [0.1, 0.15) is 0 Å². The Labute approximate surface area is 303 Å². The number of nitrogens with one attached hydrogen (secondary N) is 1. The zero-order chi connectivity index (χ0) is 35.0. The normalized spacial score (nSPS) is 12.6. The molecule has 4 rings (SSSR count). The van der Waals surface area contributed by atoms with Crippen LogP contribution in [0.2, 0.25) is 77.6 Å². The lowest BCUT2D eigenvalue weighted by Gasteiger charge is -2.31. The number of aryl methyl sites for hydroxylation is 2. The van der Waals surface area contributed by atoms with E-state index in [0.29, 0.717) is 0 Å². The van der Waals surface area contributed by atoms with Gasteiger partial charge in [-0.2, -0.15) is 0 Å². The number of hydrogen-bond acceptors (Lipinski definition) is 6. The molecule has 0 bridgehead atoms. The number of hydrogen-bond donors (Lipinski definition) is 1. The van der Waals surface area contributed by atoms with Crippen molar-refractivity contribution in [3.8, 4) is 5.75 Å². The first-order valence-electron chi connectivity index (χ1n) is 17.0.